The van der Waals surface area contributed by atoms with Crippen LogP contribution in [0.1, 0.15) is 67.3 Å². The molecule has 3 atom stereocenters. The van der Waals surface area contributed by atoms with Gasteiger partial charge in [-0.05, 0) is 68.2 Å². The maximum Gasteiger partial charge on any atom is 0.181 e. The molecule has 6 rings (SSSR count). The van der Waals surface area contributed by atoms with E-state index in [1.807, 2.05) is 0 Å². The number of likely N-dealkylation sites (tertiary alicyclic amines) is 1. The van der Waals surface area contributed by atoms with Crippen molar-refractivity contribution in [3.05, 3.63) is 23.3 Å². The van der Waals surface area contributed by atoms with Gasteiger partial charge in [0.2, 0.25) is 0 Å². The van der Waals surface area contributed by atoms with Crippen LogP contribution in [0.25, 0.3) is 10.2 Å². The Balaban J connectivity index is 1.51. The molecule has 3 aliphatic carbocycles. The Morgan fingerprint density at radius 1 is 1.19 bits per heavy atom. The topological polar surface area (TPSA) is 59.2 Å². The van der Waals surface area contributed by atoms with Gasteiger partial charge in [0.1, 0.15) is 0 Å². The molecule has 0 unspecified atom stereocenters. The summed E-state index contributed by atoms with van der Waals surface area (Å²) in [4.78, 5) is 20.9. The van der Waals surface area contributed by atoms with Crippen LogP contribution in [0.15, 0.2) is 12.1 Å². The van der Waals surface area contributed by atoms with Crippen LogP contribution in [-0.2, 0) is 5.41 Å². The van der Waals surface area contributed by atoms with E-state index < -0.39 is 0 Å². The number of piperidine rings is 1. The number of aromatic nitrogens is 1. The fraction of sp³-hybridized carbons (Fsp3) is 0.636. The predicted molar refractivity (Wildman–Crippen MR) is 109 cm³/mol. The lowest BCUT2D eigenvalue weighted by molar-refractivity contribution is -0.0134. The number of ketones is 1. The molecule has 5 heteroatoms. The molecule has 3 fully saturated rings. The molecule has 2 N–H and O–H groups in total. The molecule has 2 bridgehead atoms. The van der Waals surface area contributed by atoms with E-state index in [4.69, 9.17) is 5.73 Å². The van der Waals surface area contributed by atoms with Crippen molar-refractivity contribution in [1.29, 1.82) is 0 Å². The third kappa shape index (κ3) is 2.24. The standard InChI is InChI=1S/C22H27N3OS/c23-21-24-17-11-16-14(10-18(17)27-21)20(26)19-15-6-1-2-7-22(15,16)8-9-25(19)12-13-4-3-5-13/h10-11,13,15,19H,1-9,12H2,(H2,23,24)/t15-,19-,22+/m0/s1. The van der Waals surface area contributed by atoms with Crippen LogP contribution >= 0.6 is 11.3 Å². The summed E-state index contributed by atoms with van der Waals surface area (Å²) in [5.41, 5.74) is 9.43. The molecule has 1 aromatic heterocycles. The lowest BCUT2D eigenvalue weighted by Gasteiger charge is -2.58. The Hall–Kier alpha value is -1.46. The number of rotatable bonds is 2. The van der Waals surface area contributed by atoms with E-state index in [1.54, 1.807) is 0 Å². The van der Waals surface area contributed by atoms with Gasteiger partial charge in [-0.3, -0.25) is 9.69 Å². The number of carbonyl (C=O) groups is 1. The van der Waals surface area contributed by atoms with Crippen molar-refractivity contribution in [3.8, 4) is 0 Å². The van der Waals surface area contributed by atoms with Gasteiger partial charge in [-0.1, -0.05) is 30.6 Å². The van der Waals surface area contributed by atoms with Crippen LogP contribution in [0.2, 0.25) is 0 Å². The van der Waals surface area contributed by atoms with Gasteiger partial charge in [-0.2, -0.15) is 0 Å². The monoisotopic (exact) mass is 381 g/mol. The second kappa shape index (κ2) is 5.77. The van der Waals surface area contributed by atoms with Gasteiger partial charge in [0.25, 0.3) is 0 Å². The van der Waals surface area contributed by atoms with Crippen molar-refractivity contribution >= 4 is 32.5 Å². The van der Waals surface area contributed by atoms with E-state index >= 15 is 0 Å². The summed E-state index contributed by atoms with van der Waals surface area (Å²) in [6.07, 6.45) is 10.3. The van der Waals surface area contributed by atoms with Gasteiger partial charge in [0.05, 0.1) is 16.3 Å². The van der Waals surface area contributed by atoms with Gasteiger partial charge >= 0.3 is 0 Å². The highest BCUT2D eigenvalue weighted by atomic mass is 32.1. The minimum Gasteiger partial charge on any atom is -0.375 e. The summed E-state index contributed by atoms with van der Waals surface area (Å²) in [6.45, 7) is 2.22. The van der Waals surface area contributed by atoms with Crippen LogP contribution in [0, 0.1) is 11.8 Å². The Labute approximate surface area is 164 Å². The number of fused-ring (bicyclic) bond motifs is 2. The highest BCUT2D eigenvalue weighted by Gasteiger charge is 2.57. The lowest BCUT2D eigenvalue weighted by atomic mass is 9.52. The third-order valence-corrected chi connectivity index (χ3v) is 8.90. The molecular weight excluding hydrogens is 354 g/mol. The molecule has 2 aromatic rings. The number of Topliss-reactive ketones (excluding diaryl/α,β-unsaturated/α-hetero) is 1. The average molecular weight is 382 g/mol. The normalized spacial score (nSPS) is 33.6. The van der Waals surface area contributed by atoms with E-state index in [9.17, 15) is 4.79 Å². The zero-order valence-corrected chi connectivity index (χ0v) is 16.6. The number of thiazole rings is 1. The number of nitrogens with two attached hydrogens (primary N) is 1. The molecule has 0 spiro atoms. The SMILES string of the molecule is Nc1nc2cc3c(cc2s1)C(=O)[C@@H]1[C@@H]2CCCC[C@]32CCN1CC1CCC1. The molecule has 1 aromatic carbocycles. The fourth-order valence-electron chi connectivity index (χ4n) is 6.57. The molecular formula is C22H27N3OS. The number of nitrogens with zero attached hydrogens (tertiary/aromatic N) is 2. The quantitative estimate of drug-likeness (QED) is 0.839. The van der Waals surface area contributed by atoms with E-state index in [0.717, 1.165) is 34.8 Å². The highest BCUT2D eigenvalue weighted by molar-refractivity contribution is 7.22. The summed E-state index contributed by atoms with van der Waals surface area (Å²) in [6, 6.07) is 4.45. The molecule has 0 amide bonds. The number of anilines is 1. The first-order chi connectivity index (χ1) is 13.2. The fourth-order valence-corrected chi connectivity index (χ4v) is 7.33. The molecule has 142 valence electrons. The van der Waals surface area contributed by atoms with Crippen molar-refractivity contribution in [2.45, 2.75) is 62.8 Å². The lowest BCUT2D eigenvalue weighted by Crippen LogP contribution is -2.64. The zero-order valence-electron chi connectivity index (χ0n) is 15.7. The van der Waals surface area contributed by atoms with E-state index in [2.05, 4.69) is 22.0 Å². The van der Waals surface area contributed by atoms with Crippen LogP contribution in [0.5, 0.6) is 0 Å². The van der Waals surface area contributed by atoms with Crippen molar-refractivity contribution < 1.29 is 4.79 Å². The largest absolute Gasteiger partial charge is 0.375 e. The van der Waals surface area contributed by atoms with Crippen molar-refractivity contribution in [1.82, 2.24) is 9.88 Å². The van der Waals surface area contributed by atoms with Crippen molar-refractivity contribution in [2.24, 2.45) is 11.8 Å². The Kier molecular flexibility index (Phi) is 3.52. The number of carbonyl (C=O) groups excluding carboxylic acids is 1. The van der Waals surface area contributed by atoms with Gasteiger partial charge in [0, 0.05) is 17.5 Å². The summed E-state index contributed by atoms with van der Waals surface area (Å²) in [5.74, 6) is 1.69. The Morgan fingerprint density at radius 3 is 2.89 bits per heavy atom. The Morgan fingerprint density at radius 2 is 2.07 bits per heavy atom. The van der Waals surface area contributed by atoms with Crippen molar-refractivity contribution in [3.63, 3.8) is 0 Å². The molecule has 2 heterocycles. The first kappa shape index (κ1) is 16.5. The first-order valence-corrected chi connectivity index (χ1v) is 11.5. The summed E-state index contributed by atoms with van der Waals surface area (Å²) in [7, 11) is 0. The minimum atomic E-state index is 0.106. The van der Waals surface area contributed by atoms with Crippen LogP contribution < -0.4 is 5.73 Å². The molecule has 4 aliphatic rings. The van der Waals surface area contributed by atoms with Crippen LogP contribution in [0.3, 0.4) is 0 Å². The molecule has 1 aliphatic heterocycles. The maximum absolute atomic E-state index is 13.7. The average Bonchev–Trinajstić information content (AvgIpc) is 3.01. The summed E-state index contributed by atoms with van der Waals surface area (Å²) >= 11 is 1.51. The second-order valence-electron chi connectivity index (χ2n) is 9.28. The molecule has 2 saturated carbocycles. The first-order valence-electron chi connectivity index (χ1n) is 10.6. The van der Waals surface area contributed by atoms with Gasteiger partial charge in [-0.25, -0.2) is 4.98 Å². The highest BCUT2D eigenvalue weighted by Crippen LogP contribution is 2.56. The van der Waals surface area contributed by atoms with Gasteiger partial charge in [-0.15, -0.1) is 0 Å². The number of hydrogen-bond acceptors (Lipinski definition) is 5. The molecule has 1 saturated heterocycles. The third-order valence-electron chi connectivity index (χ3n) is 8.05. The second-order valence-corrected chi connectivity index (χ2v) is 10.3. The Bertz CT molecular complexity index is 933. The summed E-state index contributed by atoms with van der Waals surface area (Å²) in [5, 5.41) is 0.604. The van der Waals surface area contributed by atoms with E-state index in [-0.39, 0.29) is 11.5 Å². The molecule has 4 nitrogen and oxygen atoms in total. The van der Waals surface area contributed by atoms with Gasteiger partial charge in [0.15, 0.2) is 10.9 Å². The molecule has 27 heavy (non-hydrogen) atoms. The van der Waals surface area contributed by atoms with Crippen LogP contribution in [-0.4, -0.2) is 34.8 Å². The van der Waals surface area contributed by atoms with Gasteiger partial charge < -0.3 is 5.73 Å². The number of benzene rings is 1. The summed E-state index contributed by atoms with van der Waals surface area (Å²) < 4.78 is 1.06. The van der Waals surface area contributed by atoms with E-state index in [0.29, 0.717) is 16.8 Å². The number of nitrogen functional groups attached to an aromatic ring is 1. The minimum absolute atomic E-state index is 0.106. The maximum atomic E-state index is 13.7. The molecule has 0 radical (unpaired) electrons. The smallest absolute Gasteiger partial charge is 0.181 e. The van der Waals surface area contributed by atoms with E-state index in [1.165, 1.54) is 68.3 Å². The number of hydrogen-bond donors (Lipinski definition) is 1. The van der Waals surface area contributed by atoms with Crippen molar-refractivity contribution in [2.75, 3.05) is 18.8 Å². The van der Waals surface area contributed by atoms with Crippen LogP contribution in [0.4, 0.5) is 5.13 Å². The zero-order chi connectivity index (χ0) is 18.2. The predicted octanol–water partition coefficient (Wildman–Crippen LogP) is 4.38.